The predicted octanol–water partition coefficient (Wildman–Crippen LogP) is 2.99. The van der Waals surface area contributed by atoms with Crippen molar-refractivity contribution in [3.63, 3.8) is 0 Å². The first kappa shape index (κ1) is 21.1. The Morgan fingerprint density at radius 2 is 1.83 bits per heavy atom. The summed E-state index contributed by atoms with van der Waals surface area (Å²) in [5.74, 6) is 1.41. The molecule has 2 aromatic carbocycles. The van der Waals surface area contributed by atoms with Crippen LogP contribution in [0.2, 0.25) is 0 Å². The smallest absolute Gasteiger partial charge is 0.230 e. The van der Waals surface area contributed by atoms with Crippen molar-refractivity contribution in [2.45, 2.75) is 26.0 Å². The molecule has 1 fully saturated rings. The van der Waals surface area contributed by atoms with Crippen molar-refractivity contribution in [2.24, 2.45) is 11.1 Å². The van der Waals surface area contributed by atoms with Gasteiger partial charge >= 0.3 is 0 Å². The molecule has 0 bridgehead atoms. The normalized spacial score (nSPS) is 15.6. The molecule has 0 saturated carbocycles. The van der Waals surface area contributed by atoms with Gasteiger partial charge in [-0.05, 0) is 36.1 Å². The maximum absolute atomic E-state index is 13.1. The Kier molecular flexibility index (Phi) is 7.12. The number of amides is 1. The summed E-state index contributed by atoms with van der Waals surface area (Å²) in [6.45, 7) is 2.46. The minimum absolute atomic E-state index is 0.0756. The van der Waals surface area contributed by atoms with Gasteiger partial charge in [0.2, 0.25) is 5.91 Å². The zero-order chi connectivity index (χ0) is 20.7. The molecule has 1 amide bonds. The van der Waals surface area contributed by atoms with Gasteiger partial charge in [-0.2, -0.15) is 0 Å². The zero-order valence-corrected chi connectivity index (χ0v) is 17.2. The average molecular weight is 399 g/mol. The van der Waals surface area contributed by atoms with Gasteiger partial charge in [0, 0.05) is 33.4 Å². The molecule has 6 heteroatoms. The van der Waals surface area contributed by atoms with E-state index < -0.39 is 5.41 Å². The molecule has 2 aromatic rings. The number of ether oxygens (including phenoxy) is 3. The number of hydrogen-bond donors (Lipinski definition) is 1. The summed E-state index contributed by atoms with van der Waals surface area (Å²) in [7, 11) is 3.44. The lowest BCUT2D eigenvalue weighted by atomic mass is 9.79. The van der Waals surface area contributed by atoms with Crippen molar-refractivity contribution < 1.29 is 19.0 Å². The molecule has 1 saturated heterocycles. The van der Waals surface area contributed by atoms with Crippen molar-refractivity contribution >= 4 is 5.91 Å². The molecule has 0 aliphatic carbocycles. The minimum Gasteiger partial charge on any atom is -0.493 e. The highest BCUT2D eigenvalue weighted by Gasteiger charge is 2.40. The van der Waals surface area contributed by atoms with Crippen LogP contribution in [-0.2, 0) is 22.7 Å². The quantitative estimate of drug-likeness (QED) is 0.740. The fraction of sp³-hybridized carbons (Fsp3) is 0.435. The third-order valence-electron chi connectivity index (χ3n) is 5.53. The lowest BCUT2D eigenvalue weighted by Crippen LogP contribution is -2.49. The van der Waals surface area contributed by atoms with Gasteiger partial charge in [-0.1, -0.05) is 36.4 Å². The second kappa shape index (κ2) is 9.76. The minimum atomic E-state index is -0.518. The summed E-state index contributed by atoms with van der Waals surface area (Å²) in [6, 6.07) is 15.8. The van der Waals surface area contributed by atoms with Gasteiger partial charge in [0.25, 0.3) is 0 Å². The third-order valence-corrected chi connectivity index (χ3v) is 5.53. The largest absolute Gasteiger partial charge is 0.493 e. The highest BCUT2D eigenvalue weighted by atomic mass is 16.5. The molecule has 1 aliphatic rings. The summed E-state index contributed by atoms with van der Waals surface area (Å²) >= 11 is 0. The summed E-state index contributed by atoms with van der Waals surface area (Å²) < 4.78 is 16.8. The number of nitrogens with two attached hydrogens (primary N) is 1. The van der Waals surface area contributed by atoms with E-state index in [0.29, 0.717) is 57.3 Å². The van der Waals surface area contributed by atoms with Crippen molar-refractivity contribution in [2.75, 3.05) is 33.9 Å². The van der Waals surface area contributed by atoms with E-state index in [-0.39, 0.29) is 5.91 Å². The monoisotopic (exact) mass is 398 g/mol. The van der Waals surface area contributed by atoms with Crippen molar-refractivity contribution in [3.8, 4) is 11.5 Å². The predicted molar refractivity (Wildman–Crippen MR) is 112 cm³/mol. The van der Waals surface area contributed by atoms with Crippen LogP contribution in [0.3, 0.4) is 0 Å². The maximum Gasteiger partial charge on any atom is 0.230 e. The van der Waals surface area contributed by atoms with Crippen LogP contribution in [0, 0.1) is 5.41 Å². The lowest BCUT2D eigenvalue weighted by Gasteiger charge is -2.37. The van der Waals surface area contributed by atoms with Crippen LogP contribution in [0.15, 0.2) is 48.5 Å². The number of carbonyl (C=O) groups is 1. The first-order valence-electron chi connectivity index (χ1n) is 9.95. The van der Waals surface area contributed by atoms with Crippen LogP contribution in [0.25, 0.3) is 0 Å². The van der Waals surface area contributed by atoms with Crippen molar-refractivity contribution in [3.05, 3.63) is 59.7 Å². The van der Waals surface area contributed by atoms with E-state index in [1.807, 2.05) is 55.6 Å². The van der Waals surface area contributed by atoms with Gasteiger partial charge in [0.1, 0.15) is 6.61 Å². The summed E-state index contributed by atoms with van der Waals surface area (Å²) in [5, 5.41) is 0. The molecule has 3 rings (SSSR count). The third kappa shape index (κ3) is 5.08. The fourth-order valence-electron chi connectivity index (χ4n) is 3.68. The van der Waals surface area contributed by atoms with Crippen LogP contribution >= 0.6 is 0 Å². The Bertz CT molecular complexity index is 804. The Morgan fingerprint density at radius 3 is 2.48 bits per heavy atom. The van der Waals surface area contributed by atoms with Gasteiger partial charge in [0.05, 0.1) is 12.5 Å². The van der Waals surface area contributed by atoms with E-state index in [1.165, 1.54) is 0 Å². The Hall–Kier alpha value is -2.57. The second-order valence-electron chi connectivity index (χ2n) is 7.52. The SMILES string of the molecule is COc1cc(CN(C)C(=O)C2(CN)CCOCC2)ccc1OCc1ccccc1. The van der Waals surface area contributed by atoms with Gasteiger partial charge < -0.3 is 24.8 Å². The molecule has 0 radical (unpaired) electrons. The summed E-state index contributed by atoms with van der Waals surface area (Å²) in [4.78, 5) is 14.8. The molecule has 1 aliphatic heterocycles. The first-order chi connectivity index (χ1) is 14.1. The van der Waals surface area contributed by atoms with E-state index in [4.69, 9.17) is 19.9 Å². The molecule has 0 atom stereocenters. The van der Waals surface area contributed by atoms with E-state index >= 15 is 0 Å². The molecule has 2 N–H and O–H groups in total. The van der Waals surface area contributed by atoms with Crippen LogP contribution in [0.1, 0.15) is 24.0 Å². The summed E-state index contributed by atoms with van der Waals surface area (Å²) in [5.41, 5.74) is 7.53. The molecule has 0 unspecified atom stereocenters. The van der Waals surface area contributed by atoms with Crippen molar-refractivity contribution in [1.29, 1.82) is 0 Å². The fourth-order valence-corrected chi connectivity index (χ4v) is 3.68. The van der Waals surface area contributed by atoms with Gasteiger partial charge in [0.15, 0.2) is 11.5 Å². The number of nitrogens with zero attached hydrogens (tertiary/aromatic N) is 1. The van der Waals surface area contributed by atoms with Gasteiger partial charge in [-0.25, -0.2) is 0 Å². The first-order valence-corrected chi connectivity index (χ1v) is 9.95. The molecule has 29 heavy (non-hydrogen) atoms. The molecular weight excluding hydrogens is 368 g/mol. The second-order valence-corrected chi connectivity index (χ2v) is 7.52. The molecule has 156 valence electrons. The van der Waals surface area contributed by atoms with Gasteiger partial charge in [-0.3, -0.25) is 4.79 Å². The number of rotatable bonds is 8. The highest BCUT2D eigenvalue weighted by molar-refractivity contribution is 5.83. The topological polar surface area (TPSA) is 74.0 Å². The van der Waals surface area contributed by atoms with Crippen LogP contribution in [0.5, 0.6) is 11.5 Å². The highest BCUT2D eigenvalue weighted by Crippen LogP contribution is 2.33. The van der Waals surface area contributed by atoms with Crippen LogP contribution in [-0.4, -0.2) is 44.7 Å². The van der Waals surface area contributed by atoms with E-state index in [9.17, 15) is 4.79 Å². The Balaban J connectivity index is 1.66. The van der Waals surface area contributed by atoms with Gasteiger partial charge in [-0.15, -0.1) is 0 Å². The number of benzene rings is 2. The standard InChI is InChI=1S/C23H30N2O4/c1-25(22(26)23(17-24)10-12-28-13-11-23)15-19-8-9-20(21(14-19)27-2)29-16-18-6-4-3-5-7-18/h3-9,14H,10-13,15-17,24H2,1-2H3. The maximum atomic E-state index is 13.1. The van der Waals surface area contributed by atoms with E-state index in [0.717, 1.165) is 11.1 Å². The molecule has 6 nitrogen and oxygen atoms in total. The number of carbonyl (C=O) groups excluding carboxylic acids is 1. The van der Waals surface area contributed by atoms with Crippen LogP contribution in [0.4, 0.5) is 0 Å². The van der Waals surface area contributed by atoms with E-state index in [2.05, 4.69) is 0 Å². The van der Waals surface area contributed by atoms with Crippen molar-refractivity contribution in [1.82, 2.24) is 4.90 Å². The molecule has 0 spiro atoms. The van der Waals surface area contributed by atoms with Crippen LogP contribution < -0.4 is 15.2 Å². The zero-order valence-electron chi connectivity index (χ0n) is 17.2. The molecule has 0 aromatic heterocycles. The Labute approximate surface area is 172 Å². The molecule has 1 heterocycles. The average Bonchev–Trinajstić information content (AvgIpc) is 2.78. The summed E-state index contributed by atoms with van der Waals surface area (Å²) in [6.07, 6.45) is 1.34. The number of hydrogen-bond acceptors (Lipinski definition) is 5. The number of methoxy groups -OCH3 is 1. The lowest BCUT2D eigenvalue weighted by molar-refractivity contribution is -0.146. The molecular formula is C23H30N2O4. The van der Waals surface area contributed by atoms with E-state index in [1.54, 1.807) is 12.0 Å². The Morgan fingerprint density at radius 1 is 1.10 bits per heavy atom.